The molecule has 4 nitrogen and oxygen atoms in total. The van der Waals surface area contributed by atoms with Gasteiger partial charge in [0, 0.05) is 20.6 Å². The van der Waals surface area contributed by atoms with Crippen LogP contribution in [-0.2, 0) is 23.0 Å². The molecule has 0 fully saturated rings. The van der Waals surface area contributed by atoms with Gasteiger partial charge < -0.3 is 5.73 Å². The summed E-state index contributed by atoms with van der Waals surface area (Å²) >= 11 is 0. The smallest absolute Gasteiger partial charge is 0.242 e. The molecule has 0 saturated carbocycles. The second-order valence-electron chi connectivity index (χ2n) is 3.79. The van der Waals surface area contributed by atoms with Crippen molar-refractivity contribution in [2.75, 3.05) is 14.1 Å². The van der Waals surface area contributed by atoms with E-state index in [2.05, 4.69) is 0 Å². The minimum absolute atomic E-state index is 0.347. The fraction of sp³-hybridized carbons (Fsp3) is 0.455. The van der Waals surface area contributed by atoms with Crippen molar-refractivity contribution in [1.29, 1.82) is 0 Å². The maximum atomic E-state index is 12.1. The summed E-state index contributed by atoms with van der Waals surface area (Å²) in [5, 5.41) is 0. The van der Waals surface area contributed by atoms with Gasteiger partial charge in [0.25, 0.3) is 0 Å². The molecule has 0 unspecified atom stereocenters. The standard InChI is InChI=1S/C11H18N2O2S/c1-4-10-6-5-9(8-12)7-11(10)16(14,15)13(2)3/h5-7H,4,8,12H2,1-3H3. The van der Waals surface area contributed by atoms with Gasteiger partial charge in [0.05, 0.1) is 4.90 Å². The first-order valence-corrected chi connectivity index (χ1v) is 6.62. The molecule has 0 amide bonds. The van der Waals surface area contributed by atoms with Crippen LogP contribution in [0.25, 0.3) is 0 Å². The first kappa shape index (κ1) is 13.2. The number of benzene rings is 1. The van der Waals surface area contributed by atoms with E-state index in [9.17, 15) is 8.42 Å². The van der Waals surface area contributed by atoms with Crippen LogP contribution in [0.4, 0.5) is 0 Å². The average Bonchev–Trinajstić information content (AvgIpc) is 2.27. The highest BCUT2D eigenvalue weighted by atomic mass is 32.2. The number of nitrogens with two attached hydrogens (primary N) is 1. The van der Waals surface area contributed by atoms with Crippen molar-refractivity contribution < 1.29 is 8.42 Å². The van der Waals surface area contributed by atoms with Crippen molar-refractivity contribution in [3.8, 4) is 0 Å². The van der Waals surface area contributed by atoms with E-state index >= 15 is 0 Å². The summed E-state index contributed by atoms with van der Waals surface area (Å²) in [4.78, 5) is 0.364. The molecule has 16 heavy (non-hydrogen) atoms. The quantitative estimate of drug-likeness (QED) is 0.855. The lowest BCUT2D eigenvalue weighted by atomic mass is 10.1. The predicted octanol–water partition coefficient (Wildman–Crippen LogP) is 0.958. The fourth-order valence-corrected chi connectivity index (χ4v) is 2.69. The Kier molecular flexibility index (Phi) is 4.07. The molecule has 1 aromatic rings. The van der Waals surface area contributed by atoms with Crippen molar-refractivity contribution in [3.05, 3.63) is 29.3 Å². The van der Waals surface area contributed by atoms with Crippen LogP contribution >= 0.6 is 0 Å². The summed E-state index contributed by atoms with van der Waals surface area (Å²) < 4.78 is 25.4. The first-order valence-electron chi connectivity index (χ1n) is 5.17. The summed E-state index contributed by atoms with van der Waals surface area (Å²) in [5.41, 5.74) is 7.18. The fourth-order valence-electron chi connectivity index (χ4n) is 1.45. The summed E-state index contributed by atoms with van der Waals surface area (Å²) in [6.45, 7) is 2.28. The minimum Gasteiger partial charge on any atom is -0.326 e. The van der Waals surface area contributed by atoms with Gasteiger partial charge in [-0.05, 0) is 23.6 Å². The van der Waals surface area contributed by atoms with Crippen LogP contribution < -0.4 is 5.73 Å². The number of aryl methyl sites for hydroxylation is 1. The number of hydrogen-bond donors (Lipinski definition) is 1. The Bertz CT molecular complexity index is 467. The lowest BCUT2D eigenvalue weighted by Crippen LogP contribution is -2.23. The van der Waals surface area contributed by atoms with Gasteiger partial charge in [-0.1, -0.05) is 19.1 Å². The Labute approximate surface area is 97.1 Å². The van der Waals surface area contributed by atoms with E-state index in [0.29, 0.717) is 17.9 Å². The lowest BCUT2D eigenvalue weighted by molar-refractivity contribution is 0.519. The van der Waals surface area contributed by atoms with Crippen LogP contribution in [0.15, 0.2) is 23.1 Å². The molecule has 2 N–H and O–H groups in total. The van der Waals surface area contributed by atoms with Gasteiger partial charge in [-0.15, -0.1) is 0 Å². The topological polar surface area (TPSA) is 63.4 Å². The van der Waals surface area contributed by atoms with Crippen molar-refractivity contribution in [3.63, 3.8) is 0 Å². The maximum absolute atomic E-state index is 12.1. The van der Waals surface area contributed by atoms with E-state index in [0.717, 1.165) is 11.1 Å². The zero-order chi connectivity index (χ0) is 12.3. The zero-order valence-corrected chi connectivity index (χ0v) is 10.7. The largest absolute Gasteiger partial charge is 0.326 e. The van der Waals surface area contributed by atoms with Crippen LogP contribution in [0.3, 0.4) is 0 Å². The lowest BCUT2D eigenvalue weighted by Gasteiger charge is -2.15. The van der Waals surface area contributed by atoms with Gasteiger partial charge in [0.15, 0.2) is 0 Å². The monoisotopic (exact) mass is 242 g/mol. The summed E-state index contributed by atoms with van der Waals surface area (Å²) in [5.74, 6) is 0. The molecule has 0 aliphatic carbocycles. The van der Waals surface area contributed by atoms with Gasteiger partial charge in [0.1, 0.15) is 0 Å². The molecule has 0 radical (unpaired) electrons. The molecule has 0 aliphatic rings. The molecule has 5 heteroatoms. The average molecular weight is 242 g/mol. The molecule has 0 aromatic heterocycles. The normalized spacial score (nSPS) is 12.1. The summed E-state index contributed by atoms with van der Waals surface area (Å²) in [7, 11) is -0.311. The molecular weight excluding hydrogens is 224 g/mol. The number of rotatable bonds is 4. The highest BCUT2D eigenvalue weighted by Gasteiger charge is 2.20. The van der Waals surface area contributed by atoms with E-state index in [-0.39, 0.29) is 0 Å². The van der Waals surface area contributed by atoms with E-state index in [1.165, 1.54) is 18.4 Å². The molecule has 0 bridgehead atoms. The Morgan fingerprint density at radius 2 is 1.94 bits per heavy atom. The van der Waals surface area contributed by atoms with Gasteiger partial charge in [0.2, 0.25) is 10.0 Å². The molecule has 0 heterocycles. The van der Waals surface area contributed by atoms with Crippen molar-refractivity contribution in [2.45, 2.75) is 24.8 Å². The molecule has 1 rings (SSSR count). The number of sulfonamides is 1. The molecular formula is C11H18N2O2S. The zero-order valence-electron chi connectivity index (χ0n) is 9.90. The SMILES string of the molecule is CCc1ccc(CN)cc1S(=O)(=O)N(C)C. The molecule has 0 spiro atoms. The van der Waals surface area contributed by atoms with Gasteiger partial charge in [-0.2, -0.15) is 0 Å². The van der Waals surface area contributed by atoms with Crippen LogP contribution in [0, 0.1) is 0 Å². The van der Waals surface area contributed by atoms with Crippen molar-refractivity contribution >= 4 is 10.0 Å². The maximum Gasteiger partial charge on any atom is 0.242 e. The highest BCUT2D eigenvalue weighted by molar-refractivity contribution is 7.89. The molecule has 90 valence electrons. The van der Waals surface area contributed by atoms with Gasteiger partial charge in [-0.3, -0.25) is 0 Å². The summed E-state index contributed by atoms with van der Waals surface area (Å²) in [6.07, 6.45) is 0.688. The van der Waals surface area contributed by atoms with Crippen LogP contribution in [0.2, 0.25) is 0 Å². The second kappa shape index (κ2) is 4.95. The Hall–Kier alpha value is -0.910. The second-order valence-corrected chi connectivity index (χ2v) is 5.91. The summed E-state index contributed by atoms with van der Waals surface area (Å²) in [6, 6.07) is 5.36. The Morgan fingerprint density at radius 1 is 1.31 bits per heavy atom. The molecule has 0 saturated heterocycles. The number of hydrogen-bond acceptors (Lipinski definition) is 3. The first-order chi connectivity index (χ1) is 7.43. The Balaban J connectivity index is 3.41. The molecule has 0 atom stereocenters. The molecule has 0 aliphatic heterocycles. The van der Waals surface area contributed by atoms with Crippen molar-refractivity contribution in [2.24, 2.45) is 5.73 Å². The minimum atomic E-state index is -3.37. The van der Waals surface area contributed by atoms with Crippen LogP contribution in [0.1, 0.15) is 18.1 Å². The molecule has 1 aromatic carbocycles. The van der Waals surface area contributed by atoms with Crippen molar-refractivity contribution in [1.82, 2.24) is 4.31 Å². The van der Waals surface area contributed by atoms with Gasteiger partial charge >= 0.3 is 0 Å². The van der Waals surface area contributed by atoms with E-state index in [1.807, 2.05) is 19.1 Å². The Morgan fingerprint density at radius 3 is 2.38 bits per heavy atom. The van der Waals surface area contributed by atoms with E-state index in [4.69, 9.17) is 5.73 Å². The number of nitrogens with zero attached hydrogens (tertiary/aromatic N) is 1. The third kappa shape index (κ3) is 2.42. The predicted molar refractivity (Wildman–Crippen MR) is 64.6 cm³/mol. The highest BCUT2D eigenvalue weighted by Crippen LogP contribution is 2.20. The van der Waals surface area contributed by atoms with Gasteiger partial charge in [-0.25, -0.2) is 12.7 Å². The van der Waals surface area contributed by atoms with E-state index in [1.54, 1.807) is 6.07 Å². The van der Waals surface area contributed by atoms with Crippen LogP contribution in [0.5, 0.6) is 0 Å². The van der Waals surface area contributed by atoms with Crippen LogP contribution in [-0.4, -0.2) is 26.8 Å². The third-order valence-electron chi connectivity index (χ3n) is 2.51. The third-order valence-corrected chi connectivity index (χ3v) is 4.40. The van der Waals surface area contributed by atoms with E-state index < -0.39 is 10.0 Å².